The van der Waals surface area contributed by atoms with E-state index in [4.69, 9.17) is 5.73 Å². The summed E-state index contributed by atoms with van der Waals surface area (Å²) >= 11 is 0. The van der Waals surface area contributed by atoms with Crippen LogP contribution in [0.2, 0.25) is 0 Å². The summed E-state index contributed by atoms with van der Waals surface area (Å²) in [6.07, 6.45) is 2.72. The minimum absolute atomic E-state index is 0.0310. The number of rotatable bonds is 7. The van der Waals surface area contributed by atoms with Gasteiger partial charge in [0, 0.05) is 12.1 Å². The van der Waals surface area contributed by atoms with Crippen molar-refractivity contribution in [3.8, 4) is 0 Å². The molecule has 118 valence electrons. The van der Waals surface area contributed by atoms with E-state index < -0.39 is 5.41 Å². The first-order valence-electron chi connectivity index (χ1n) is 7.95. The lowest BCUT2D eigenvalue weighted by atomic mass is 9.82. The summed E-state index contributed by atoms with van der Waals surface area (Å²) in [4.78, 5) is 12.5. The van der Waals surface area contributed by atoms with Gasteiger partial charge < -0.3 is 11.1 Å². The van der Waals surface area contributed by atoms with Crippen LogP contribution in [0.1, 0.15) is 58.6 Å². The third kappa shape index (κ3) is 4.31. The van der Waals surface area contributed by atoms with E-state index >= 15 is 0 Å². The van der Waals surface area contributed by atoms with Gasteiger partial charge in [-0.3, -0.25) is 4.79 Å². The molecule has 0 spiro atoms. The molecule has 21 heavy (non-hydrogen) atoms. The Balaban J connectivity index is 2.78. The lowest BCUT2D eigenvalue weighted by molar-refractivity contribution is -0.125. The molecule has 0 aromatic heterocycles. The fourth-order valence-corrected chi connectivity index (χ4v) is 2.27. The summed E-state index contributed by atoms with van der Waals surface area (Å²) in [5, 5.41) is 3.03. The zero-order valence-electron chi connectivity index (χ0n) is 14.1. The minimum atomic E-state index is -0.547. The first kappa shape index (κ1) is 17.7. The van der Waals surface area contributed by atoms with Crippen LogP contribution >= 0.6 is 0 Å². The summed E-state index contributed by atoms with van der Waals surface area (Å²) in [6.45, 7) is 10.7. The summed E-state index contributed by atoms with van der Waals surface area (Å²) in [5.74, 6) is 0.0310. The molecule has 1 aromatic rings. The van der Waals surface area contributed by atoms with Crippen LogP contribution in [0.3, 0.4) is 0 Å². The van der Waals surface area contributed by atoms with Crippen LogP contribution in [0, 0.1) is 0 Å². The third-order valence-electron chi connectivity index (χ3n) is 4.66. The highest BCUT2D eigenvalue weighted by molar-refractivity contribution is 5.87. The second-order valence-corrected chi connectivity index (χ2v) is 6.43. The van der Waals surface area contributed by atoms with E-state index in [0.717, 1.165) is 24.8 Å². The summed E-state index contributed by atoms with van der Waals surface area (Å²) in [7, 11) is 0. The third-order valence-corrected chi connectivity index (χ3v) is 4.66. The maximum atomic E-state index is 12.5. The number of amides is 1. The van der Waals surface area contributed by atoms with Crippen molar-refractivity contribution in [1.82, 2.24) is 5.32 Å². The Labute approximate surface area is 129 Å². The number of hydrogen-bond donors (Lipinski definition) is 2. The zero-order valence-corrected chi connectivity index (χ0v) is 14.1. The molecule has 0 aliphatic carbocycles. The first-order chi connectivity index (χ1) is 9.79. The highest BCUT2D eigenvalue weighted by Gasteiger charge is 2.31. The second-order valence-electron chi connectivity index (χ2n) is 6.43. The van der Waals surface area contributed by atoms with Crippen LogP contribution in [-0.4, -0.2) is 18.0 Å². The summed E-state index contributed by atoms with van der Waals surface area (Å²) in [6, 6.07) is 8.28. The molecule has 0 heterocycles. The predicted molar refractivity (Wildman–Crippen MR) is 89.4 cm³/mol. The molecule has 0 aliphatic rings. The molecule has 0 saturated heterocycles. The highest BCUT2D eigenvalue weighted by Crippen LogP contribution is 2.24. The van der Waals surface area contributed by atoms with Gasteiger partial charge in [0.05, 0.1) is 5.41 Å². The molecule has 0 radical (unpaired) electrons. The smallest absolute Gasteiger partial charge is 0.230 e. The summed E-state index contributed by atoms with van der Waals surface area (Å²) in [5.41, 5.74) is 7.72. The van der Waals surface area contributed by atoms with Crippen molar-refractivity contribution in [1.29, 1.82) is 0 Å². The SMILES string of the molecule is CCc1ccc(C(C)(C)C(=O)NCC(N)(CC)CC)cc1. The number of carbonyl (C=O) groups excluding carboxylic acids is 1. The number of hydrogen-bond acceptors (Lipinski definition) is 2. The second kappa shape index (κ2) is 7.08. The van der Waals surface area contributed by atoms with Crippen molar-refractivity contribution in [2.45, 2.75) is 64.8 Å². The average Bonchev–Trinajstić information content (AvgIpc) is 2.52. The van der Waals surface area contributed by atoms with Crippen LogP contribution in [0.4, 0.5) is 0 Å². The highest BCUT2D eigenvalue weighted by atomic mass is 16.2. The molecule has 0 atom stereocenters. The monoisotopic (exact) mass is 290 g/mol. The van der Waals surface area contributed by atoms with Gasteiger partial charge in [0.1, 0.15) is 0 Å². The maximum absolute atomic E-state index is 12.5. The number of carbonyl (C=O) groups is 1. The standard InChI is InChI=1S/C18H30N2O/c1-6-14-9-11-15(12-10-14)17(4,5)16(21)20-13-18(19,7-2)8-3/h9-12H,6-8,13,19H2,1-5H3,(H,20,21). The van der Waals surface area contributed by atoms with E-state index in [2.05, 4.69) is 38.2 Å². The Morgan fingerprint density at radius 3 is 2.05 bits per heavy atom. The maximum Gasteiger partial charge on any atom is 0.230 e. The van der Waals surface area contributed by atoms with Crippen molar-refractivity contribution >= 4 is 5.91 Å². The van der Waals surface area contributed by atoms with E-state index in [0.29, 0.717) is 6.54 Å². The number of nitrogens with two attached hydrogens (primary N) is 1. The normalized spacial score (nSPS) is 12.3. The molecule has 3 heteroatoms. The summed E-state index contributed by atoms with van der Waals surface area (Å²) < 4.78 is 0. The van der Waals surface area contributed by atoms with E-state index in [9.17, 15) is 4.79 Å². The molecular weight excluding hydrogens is 260 g/mol. The van der Waals surface area contributed by atoms with Gasteiger partial charge in [-0.15, -0.1) is 0 Å². The molecule has 0 saturated carbocycles. The van der Waals surface area contributed by atoms with E-state index in [1.807, 2.05) is 26.0 Å². The number of aryl methyl sites for hydroxylation is 1. The van der Waals surface area contributed by atoms with Crippen LogP contribution in [-0.2, 0) is 16.6 Å². The van der Waals surface area contributed by atoms with Gasteiger partial charge in [0.25, 0.3) is 0 Å². The number of nitrogens with one attached hydrogen (secondary N) is 1. The molecule has 1 rings (SSSR count). The molecule has 0 fully saturated rings. The fraction of sp³-hybridized carbons (Fsp3) is 0.611. The lowest BCUT2D eigenvalue weighted by Gasteiger charge is -2.30. The largest absolute Gasteiger partial charge is 0.354 e. The van der Waals surface area contributed by atoms with Crippen LogP contribution in [0.25, 0.3) is 0 Å². The predicted octanol–water partition coefficient (Wildman–Crippen LogP) is 3.16. The molecule has 0 bridgehead atoms. The molecule has 1 aromatic carbocycles. The van der Waals surface area contributed by atoms with Crippen molar-refractivity contribution in [3.63, 3.8) is 0 Å². The van der Waals surface area contributed by atoms with Gasteiger partial charge in [-0.2, -0.15) is 0 Å². The van der Waals surface area contributed by atoms with Crippen LogP contribution < -0.4 is 11.1 Å². The lowest BCUT2D eigenvalue weighted by Crippen LogP contribution is -2.52. The fourth-order valence-electron chi connectivity index (χ4n) is 2.27. The van der Waals surface area contributed by atoms with Crippen molar-refractivity contribution < 1.29 is 4.79 Å². The average molecular weight is 290 g/mol. The Hall–Kier alpha value is -1.35. The minimum Gasteiger partial charge on any atom is -0.354 e. The first-order valence-corrected chi connectivity index (χ1v) is 7.95. The Bertz CT molecular complexity index is 459. The topological polar surface area (TPSA) is 55.1 Å². The Kier molecular flexibility index (Phi) is 5.97. The van der Waals surface area contributed by atoms with E-state index in [-0.39, 0.29) is 11.4 Å². The van der Waals surface area contributed by atoms with E-state index in [1.54, 1.807) is 0 Å². The van der Waals surface area contributed by atoms with Gasteiger partial charge in [0.2, 0.25) is 5.91 Å². The van der Waals surface area contributed by atoms with Crippen molar-refractivity contribution in [3.05, 3.63) is 35.4 Å². The quantitative estimate of drug-likeness (QED) is 0.810. The molecule has 0 unspecified atom stereocenters. The molecular formula is C18H30N2O. The van der Waals surface area contributed by atoms with Gasteiger partial charge in [0.15, 0.2) is 0 Å². The Morgan fingerprint density at radius 2 is 1.62 bits per heavy atom. The van der Waals surface area contributed by atoms with Gasteiger partial charge >= 0.3 is 0 Å². The van der Waals surface area contributed by atoms with Gasteiger partial charge in [-0.05, 0) is 44.2 Å². The molecule has 0 aliphatic heterocycles. The molecule has 3 N–H and O–H groups in total. The number of benzene rings is 1. The van der Waals surface area contributed by atoms with Crippen molar-refractivity contribution in [2.75, 3.05) is 6.54 Å². The van der Waals surface area contributed by atoms with Gasteiger partial charge in [-0.25, -0.2) is 0 Å². The zero-order chi connectivity index (χ0) is 16.1. The molecule has 3 nitrogen and oxygen atoms in total. The molecule has 1 amide bonds. The Morgan fingerprint density at radius 1 is 1.10 bits per heavy atom. The van der Waals surface area contributed by atoms with Crippen LogP contribution in [0.5, 0.6) is 0 Å². The van der Waals surface area contributed by atoms with E-state index in [1.165, 1.54) is 5.56 Å². The van der Waals surface area contributed by atoms with Crippen LogP contribution in [0.15, 0.2) is 24.3 Å². The van der Waals surface area contributed by atoms with Crippen molar-refractivity contribution in [2.24, 2.45) is 5.73 Å². The van der Waals surface area contributed by atoms with Gasteiger partial charge in [-0.1, -0.05) is 45.0 Å².